The molecular weight excluding hydrogens is 262 g/mol. The van der Waals surface area contributed by atoms with E-state index in [-0.39, 0.29) is 5.78 Å². The number of Topliss-reactive ketones (excluding diaryl/α,β-unsaturated/α-hetero) is 1. The Morgan fingerprint density at radius 3 is 2.71 bits per heavy atom. The zero-order chi connectivity index (χ0) is 14.6. The van der Waals surface area contributed by atoms with E-state index in [4.69, 9.17) is 0 Å². The predicted octanol–water partition coefficient (Wildman–Crippen LogP) is 1.37. The highest BCUT2D eigenvalue weighted by molar-refractivity contribution is 6.40. The van der Waals surface area contributed by atoms with Gasteiger partial charge in [-0.3, -0.25) is 4.79 Å². The van der Waals surface area contributed by atoms with E-state index in [1.165, 1.54) is 0 Å². The molecule has 0 atom stereocenters. The Morgan fingerprint density at radius 2 is 1.95 bits per heavy atom. The summed E-state index contributed by atoms with van der Waals surface area (Å²) in [6.07, 6.45) is 5.41. The average molecular weight is 275 g/mol. The van der Waals surface area contributed by atoms with Crippen molar-refractivity contribution < 1.29 is 4.79 Å². The van der Waals surface area contributed by atoms with E-state index in [9.17, 15) is 4.79 Å². The number of para-hydroxylation sites is 1. The molecule has 0 N–H and O–H groups in total. The van der Waals surface area contributed by atoms with Gasteiger partial charge in [0.05, 0.1) is 22.3 Å². The highest BCUT2D eigenvalue weighted by Crippen LogP contribution is 2.31. The molecule has 0 saturated heterocycles. The first-order valence-corrected chi connectivity index (χ1v) is 6.83. The topological polar surface area (TPSA) is 47.2 Å². The molecule has 2 heterocycles. The fourth-order valence-corrected chi connectivity index (χ4v) is 2.88. The lowest BCUT2D eigenvalue weighted by atomic mass is 9.94. The molecule has 0 saturated carbocycles. The number of aromatic nitrogens is 2. The van der Waals surface area contributed by atoms with Crippen molar-refractivity contribution in [3.05, 3.63) is 70.4 Å². The van der Waals surface area contributed by atoms with Crippen LogP contribution in [0.15, 0.2) is 59.0 Å². The molecule has 102 valence electrons. The van der Waals surface area contributed by atoms with Crippen molar-refractivity contribution >= 4 is 17.1 Å². The Morgan fingerprint density at radius 1 is 1.14 bits per heavy atom. The fourth-order valence-electron chi connectivity index (χ4n) is 2.88. The number of ketones is 1. The summed E-state index contributed by atoms with van der Waals surface area (Å²) in [6, 6.07) is 7.77. The van der Waals surface area contributed by atoms with Crippen LogP contribution in [0.2, 0.25) is 0 Å². The van der Waals surface area contributed by atoms with Crippen LogP contribution in [0.4, 0.5) is 0 Å². The van der Waals surface area contributed by atoms with Gasteiger partial charge in [0.1, 0.15) is 5.82 Å². The summed E-state index contributed by atoms with van der Waals surface area (Å²) in [5.74, 6) is 0.806. The third-order valence-electron chi connectivity index (χ3n) is 3.91. The van der Waals surface area contributed by atoms with Gasteiger partial charge in [-0.05, 0) is 31.6 Å². The zero-order valence-corrected chi connectivity index (χ0v) is 11.8. The highest BCUT2D eigenvalue weighted by atomic mass is 16.1. The van der Waals surface area contributed by atoms with Crippen LogP contribution in [-0.4, -0.2) is 15.3 Å². The molecule has 1 aromatic heterocycles. The summed E-state index contributed by atoms with van der Waals surface area (Å²) in [5.41, 5.74) is 3.13. The SMILES string of the molecule is CC1=C2N=c3ccccc3=C2C(=O)C(n2ccnc2C)=C1. The molecule has 4 heteroatoms. The van der Waals surface area contributed by atoms with Crippen LogP contribution >= 0.6 is 0 Å². The molecule has 0 bridgehead atoms. The quantitative estimate of drug-likeness (QED) is 0.789. The van der Waals surface area contributed by atoms with Crippen LogP contribution in [0.25, 0.3) is 11.3 Å². The molecule has 1 aliphatic heterocycles. The number of allylic oxidation sites excluding steroid dienone is 4. The first-order valence-electron chi connectivity index (χ1n) is 6.83. The Bertz CT molecular complexity index is 973. The number of fused-ring (bicyclic) bond motifs is 2. The molecule has 2 aromatic rings. The Labute approximate surface area is 121 Å². The van der Waals surface area contributed by atoms with Gasteiger partial charge in [-0.15, -0.1) is 0 Å². The van der Waals surface area contributed by atoms with Crippen molar-refractivity contribution in [3.8, 4) is 0 Å². The van der Waals surface area contributed by atoms with E-state index < -0.39 is 0 Å². The van der Waals surface area contributed by atoms with E-state index in [2.05, 4.69) is 9.98 Å². The Hall–Kier alpha value is -2.75. The van der Waals surface area contributed by atoms with Crippen molar-refractivity contribution in [1.82, 2.24) is 9.55 Å². The minimum Gasteiger partial charge on any atom is -0.300 e. The van der Waals surface area contributed by atoms with Crippen LogP contribution in [-0.2, 0) is 4.79 Å². The Kier molecular flexibility index (Phi) is 2.36. The molecule has 1 aromatic carbocycles. The second-order valence-electron chi connectivity index (χ2n) is 5.24. The lowest BCUT2D eigenvalue weighted by Crippen LogP contribution is -2.26. The molecule has 0 radical (unpaired) electrons. The summed E-state index contributed by atoms with van der Waals surface area (Å²) >= 11 is 0. The smallest absolute Gasteiger partial charge is 0.212 e. The van der Waals surface area contributed by atoms with Gasteiger partial charge in [0.2, 0.25) is 5.78 Å². The van der Waals surface area contributed by atoms with Crippen LogP contribution in [0.5, 0.6) is 0 Å². The van der Waals surface area contributed by atoms with Crippen molar-refractivity contribution in [1.29, 1.82) is 0 Å². The van der Waals surface area contributed by atoms with Crippen molar-refractivity contribution in [2.75, 3.05) is 0 Å². The largest absolute Gasteiger partial charge is 0.300 e. The van der Waals surface area contributed by atoms with Crippen LogP contribution in [0.3, 0.4) is 0 Å². The van der Waals surface area contributed by atoms with E-state index in [0.29, 0.717) is 11.3 Å². The van der Waals surface area contributed by atoms with Crippen molar-refractivity contribution in [2.24, 2.45) is 4.99 Å². The predicted molar refractivity (Wildman–Crippen MR) is 79.6 cm³/mol. The third kappa shape index (κ3) is 1.59. The lowest BCUT2D eigenvalue weighted by Gasteiger charge is -2.17. The Balaban J connectivity index is 2.03. The van der Waals surface area contributed by atoms with Crippen LogP contribution < -0.4 is 10.6 Å². The maximum absolute atomic E-state index is 12.9. The van der Waals surface area contributed by atoms with Gasteiger partial charge < -0.3 is 4.57 Å². The number of carbonyl (C=O) groups is 1. The van der Waals surface area contributed by atoms with E-state index in [1.54, 1.807) is 6.20 Å². The molecule has 0 unspecified atom stereocenters. The number of imidazole rings is 1. The second-order valence-corrected chi connectivity index (χ2v) is 5.24. The van der Waals surface area contributed by atoms with Crippen molar-refractivity contribution in [3.63, 3.8) is 0 Å². The number of hydrogen-bond acceptors (Lipinski definition) is 3. The number of aryl methyl sites for hydroxylation is 1. The summed E-state index contributed by atoms with van der Waals surface area (Å²) in [7, 11) is 0. The standard InChI is InChI=1S/C17H13N3O/c1-10-9-14(20-8-7-18-11(20)2)17(21)15-12-5-3-4-6-13(12)19-16(10)15/h3-9H,1-2H3. The van der Waals surface area contributed by atoms with Crippen LogP contribution in [0, 0.1) is 6.92 Å². The average Bonchev–Trinajstić information content (AvgIpc) is 3.07. The summed E-state index contributed by atoms with van der Waals surface area (Å²) < 4.78 is 1.83. The minimum atomic E-state index is 0.00500. The number of rotatable bonds is 1. The summed E-state index contributed by atoms with van der Waals surface area (Å²) in [6.45, 7) is 3.88. The van der Waals surface area contributed by atoms with Gasteiger partial charge in [-0.1, -0.05) is 18.2 Å². The molecular formula is C17H13N3O. The number of hydrogen-bond donors (Lipinski definition) is 0. The van der Waals surface area contributed by atoms with E-state index in [0.717, 1.165) is 27.7 Å². The molecule has 2 aliphatic rings. The number of benzene rings is 1. The van der Waals surface area contributed by atoms with Crippen molar-refractivity contribution in [2.45, 2.75) is 13.8 Å². The minimum absolute atomic E-state index is 0.00500. The monoisotopic (exact) mass is 275 g/mol. The van der Waals surface area contributed by atoms with Gasteiger partial charge in [-0.2, -0.15) is 0 Å². The fraction of sp³-hybridized carbons (Fsp3) is 0.118. The molecule has 1 aliphatic carbocycles. The van der Waals surface area contributed by atoms with E-state index in [1.807, 2.05) is 55.0 Å². The maximum Gasteiger partial charge on any atom is 0.212 e. The third-order valence-corrected chi connectivity index (χ3v) is 3.91. The van der Waals surface area contributed by atoms with Gasteiger partial charge in [0.25, 0.3) is 0 Å². The van der Waals surface area contributed by atoms with Gasteiger partial charge >= 0.3 is 0 Å². The summed E-state index contributed by atoms with van der Waals surface area (Å²) in [4.78, 5) is 21.7. The zero-order valence-electron chi connectivity index (χ0n) is 11.8. The lowest BCUT2D eigenvalue weighted by molar-refractivity contribution is -0.109. The van der Waals surface area contributed by atoms with Gasteiger partial charge in [0, 0.05) is 17.6 Å². The normalized spacial score (nSPS) is 16.6. The highest BCUT2D eigenvalue weighted by Gasteiger charge is 2.29. The molecule has 4 rings (SSSR count). The van der Waals surface area contributed by atoms with Gasteiger partial charge in [0.15, 0.2) is 0 Å². The molecule has 0 spiro atoms. The molecule has 21 heavy (non-hydrogen) atoms. The molecule has 0 fully saturated rings. The second kappa shape index (κ2) is 4.12. The molecule has 4 nitrogen and oxygen atoms in total. The summed E-state index contributed by atoms with van der Waals surface area (Å²) in [5, 5.41) is 1.78. The van der Waals surface area contributed by atoms with Crippen LogP contribution in [0.1, 0.15) is 12.7 Å². The molecule has 0 amide bonds. The number of carbonyl (C=O) groups excluding carboxylic acids is 1. The van der Waals surface area contributed by atoms with Gasteiger partial charge in [-0.25, -0.2) is 9.98 Å². The first-order chi connectivity index (χ1) is 10.2. The first kappa shape index (κ1) is 12.0. The number of nitrogens with zero attached hydrogens (tertiary/aromatic N) is 3. The van der Waals surface area contributed by atoms with E-state index >= 15 is 0 Å². The maximum atomic E-state index is 12.9.